The molecule has 0 radical (unpaired) electrons. The average Bonchev–Trinajstić information content (AvgIpc) is 2.61. The summed E-state index contributed by atoms with van der Waals surface area (Å²) in [6, 6.07) is 9.24. The summed E-state index contributed by atoms with van der Waals surface area (Å²) in [7, 11) is 3.18. The molecule has 0 aromatic heterocycles. The number of methoxy groups -OCH3 is 2. The first-order chi connectivity index (χ1) is 11.6. The number of anilines is 2. The van der Waals surface area contributed by atoms with Crippen LogP contribution in [0.3, 0.4) is 0 Å². The van der Waals surface area contributed by atoms with E-state index in [0.717, 1.165) is 35.3 Å². The third-order valence-corrected chi connectivity index (χ3v) is 4.53. The predicted molar refractivity (Wildman–Crippen MR) is 95.1 cm³/mol. The highest BCUT2D eigenvalue weighted by Crippen LogP contribution is 2.34. The molecule has 0 fully saturated rings. The van der Waals surface area contributed by atoms with Gasteiger partial charge in [-0.2, -0.15) is 0 Å². The zero-order valence-corrected chi connectivity index (χ0v) is 14.3. The minimum absolute atomic E-state index is 0.0712. The van der Waals surface area contributed by atoms with Crippen molar-refractivity contribution < 1.29 is 14.3 Å². The van der Waals surface area contributed by atoms with Crippen molar-refractivity contribution in [1.29, 1.82) is 0 Å². The van der Waals surface area contributed by atoms with Crippen molar-refractivity contribution in [3.05, 3.63) is 47.0 Å². The van der Waals surface area contributed by atoms with E-state index < -0.39 is 0 Å². The second-order valence-corrected chi connectivity index (χ2v) is 5.91. The Kier molecular flexibility index (Phi) is 4.34. The maximum absolute atomic E-state index is 13.1. The summed E-state index contributed by atoms with van der Waals surface area (Å²) in [5, 5.41) is 0. The van der Waals surface area contributed by atoms with Crippen LogP contribution in [0, 0.1) is 6.92 Å². The monoisotopic (exact) mass is 326 g/mol. The van der Waals surface area contributed by atoms with Crippen molar-refractivity contribution in [1.82, 2.24) is 0 Å². The van der Waals surface area contributed by atoms with Crippen LogP contribution >= 0.6 is 0 Å². The standard InChI is InChI=1S/C19H22N2O3/c1-12-17(23-2)10-13(11-18(12)24-3)19(22)21-9-5-6-14-15(20)7-4-8-16(14)21/h4,7-8,10-11H,5-6,9,20H2,1-3H3. The smallest absolute Gasteiger partial charge is 0.258 e. The fourth-order valence-corrected chi connectivity index (χ4v) is 3.23. The molecule has 0 bridgehead atoms. The van der Waals surface area contributed by atoms with Gasteiger partial charge in [0.05, 0.1) is 14.2 Å². The van der Waals surface area contributed by atoms with Gasteiger partial charge in [-0.05, 0) is 49.6 Å². The summed E-state index contributed by atoms with van der Waals surface area (Å²) in [6.07, 6.45) is 1.79. The number of ether oxygens (including phenoxy) is 2. The Morgan fingerprint density at radius 2 is 1.83 bits per heavy atom. The molecule has 3 rings (SSSR count). The van der Waals surface area contributed by atoms with Crippen molar-refractivity contribution in [3.63, 3.8) is 0 Å². The van der Waals surface area contributed by atoms with E-state index >= 15 is 0 Å². The first kappa shape index (κ1) is 16.2. The fourth-order valence-electron chi connectivity index (χ4n) is 3.23. The molecule has 0 aliphatic carbocycles. The Labute approximate surface area is 142 Å². The summed E-state index contributed by atoms with van der Waals surface area (Å²) in [6.45, 7) is 2.58. The molecule has 0 saturated heterocycles. The van der Waals surface area contributed by atoms with E-state index in [1.54, 1.807) is 31.3 Å². The second-order valence-electron chi connectivity index (χ2n) is 5.91. The van der Waals surface area contributed by atoms with Crippen LogP contribution in [-0.2, 0) is 6.42 Å². The maximum atomic E-state index is 13.1. The molecule has 5 heteroatoms. The quantitative estimate of drug-likeness (QED) is 0.880. The molecule has 24 heavy (non-hydrogen) atoms. The lowest BCUT2D eigenvalue weighted by Gasteiger charge is -2.30. The number of benzene rings is 2. The highest BCUT2D eigenvalue weighted by Gasteiger charge is 2.26. The largest absolute Gasteiger partial charge is 0.496 e. The van der Waals surface area contributed by atoms with E-state index in [9.17, 15) is 4.79 Å². The average molecular weight is 326 g/mol. The number of rotatable bonds is 3. The zero-order chi connectivity index (χ0) is 17.3. The van der Waals surface area contributed by atoms with Gasteiger partial charge < -0.3 is 20.1 Å². The molecule has 0 atom stereocenters. The normalized spacial score (nSPS) is 13.4. The Balaban J connectivity index is 2.04. The highest BCUT2D eigenvalue weighted by atomic mass is 16.5. The van der Waals surface area contributed by atoms with Crippen LogP contribution in [0.15, 0.2) is 30.3 Å². The highest BCUT2D eigenvalue weighted by molar-refractivity contribution is 6.07. The molecule has 2 aromatic rings. The van der Waals surface area contributed by atoms with Crippen molar-refractivity contribution in [2.45, 2.75) is 19.8 Å². The van der Waals surface area contributed by atoms with E-state index in [4.69, 9.17) is 15.2 Å². The van der Waals surface area contributed by atoms with Crippen LogP contribution in [-0.4, -0.2) is 26.7 Å². The second kappa shape index (κ2) is 6.43. The molecule has 1 aliphatic heterocycles. The number of carbonyl (C=O) groups is 1. The van der Waals surface area contributed by atoms with Gasteiger partial charge in [-0.15, -0.1) is 0 Å². The number of amides is 1. The van der Waals surface area contributed by atoms with Crippen LogP contribution in [0.5, 0.6) is 11.5 Å². The van der Waals surface area contributed by atoms with Gasteiger partial charge in [0, 0.05) is 29.0 Å². The van der Waals surface area contributed by atoms with Gasteiger partial charge in [-0.25, -0.2) is 0 Å². The van der Waals surface area contributed by atoms with Gasteiger partial charge in [0.2, 0.25) is 0 Å². The molecule has 0 saturated carbocycles. The third-order valence-electron chi connectivity index (χ3n) is 4.53. The number of nitrogens with two attached hydrogens (primary N) is 1. The van der Waals surface area contributed by atoms with Crippen LogP contribution in [0.2, 0.25) is 0 Å². The fraction of sp³-hybridized carbons (Fsp3) is 0.316. The number of fused-ring (bicyclic) bond motifs is 1. The van der Waals surface area contributed by atoms with Gasteiger partial charge in [-0.3, -0.25) is 4.79 Å². The Hall–Kier alpha value is -2.69. The molecule has 1 heterocycles. The SMILES string of the molecule is COc1cc(C(=O)N2CCCc3c(N)cccc32)cc(OC)c1C. The first-order valence-electron chi connectivity index (χ1n) is 7.98. The van der Waals surface area contributed by atoms with Gasteiger partial charge in [0.1, 0.15) is 11.5 Å². The summed E-state index contributed by atoms with van der Waals surface area (Å²) in [5.74, 6) is 1.21. The van der Waals surface area contributed by atoms with E-state index in [2.05, 4.69) is 0 Å². The lowest BCUT2D eigenvalue weighted by molar-refractivity contribution is 0.0984. The summed E-state index contributed by atoms with van der Waals surface area (Å²) >= 11 is 0. The molecular weight excluding hydrogens is 304 g/mol. The number of carbonyl (C=O) groups excluding carboxylic acids is 1. The van der Waals surface area contributed by atoms with Gasteiger partial charge >= 0.3 is 0 Å². The lowest BCUT2D eigenvalue weighted by atomic mass is 9.98. The predicted octanol–water partition coefficient (Wildman–Crippen LogP) is 3.19. The van der Waals surface area contributed by atoms with E-state index in [-0.39, 0.29) is 5.91 Å². The molecule has 126 valence electrons. The third kappa shape index (κ3) is 2.66. The van der Waals surface area contributed by atoms with Crippen molar-refractivity contribution >= 4 is 17.3 Å². The number of hydrogen-bond acceptors (Lipinski definition) is 4. The van der Waals surface area contributed by atoms with Gasteiger partial charge in [-0.1, -0.05) is 6.07 Å². The van der Waals surface area contributed by atoms with Crippen molar-refractivity contribution in [3.8, 4) is 11.5 Å². The van der Waals surface area contributed by atoms with Crippen molar-refractivity contribution in [2.24, 2.45) is 0 Å². The molecule has 0 spiro atoms. The molecule has 2 aromatic carbocycles. The molecule has 0 unspecified atom stereocenters. The number of nitrogen functional groups attached to an aromatic ring is 1. The van der Waals surface area contributed by atoms with Crippen LogP contribution in [0.25, 0.3) is 0 Å². The Morgan fingerprint density at radius 1 is 1.17 bits per heavy atom. The van der Waals surface area contributed by atoms with Crippen LogP contribution in [0.1, 0.15) is 27.9 Å². The van der Waals surface area contributed by atoms with Gasteiger partial charge in [0.25, 0.3) is 5.91 Å². The molecule has 5 nitrogen and oxygen atoms in total. The summed E-state index contributed by atoms with van der Waals surface area (Å²) < 4.78 is 10.8. The topological polar surface area (TPSA) is 64.8 Å². The minimum Gasteiger partial charge on any atom is -0.496 e. The molecule has 1 amide bonds. The van der Waals surface area contributed by atoms with E-state index in [1.807, 2.05) is 25.1 Å². The van der Waals surface area contributed by atoms with Crippen LogP contribution in [0.4, 0.5) is 11.4 Å². The first-order valence-corrected chi connectivity index (χ1v) is 7.98. The van der Waals surface area contributed by atoms with Gasteiger partial charge in [0.15, 0.2) is 0 Å². The minimum atomic E-state index is -0.0712. The van der Waals surface area contributed by atoms with E-state index in [0.29, 0.717) is 23.6 Å². The molecular formula is C19H22N2O3. The number of hydrogen-bond donors (Lipinski definition) is 1. The summed E-state index contributed by atoms with van der Waals surface area (Å²) in [4.78, 5) is 14.9. The van der Waals surface area contributed by atoms with E-state index in [1.165, 1.54) is 0 Å². The maximum Gasteiger partial charge on any atom is 0.258 e. The molecule has 1 aliphatic rings. The van der Waals surface area contributed by atoms with Crippen molar-refractivity contribution in [2.75, 3.05) is 31.4 Å². The summed E-state index contributed by atoms with van der Waals surface area (Å²) in [5.41, 5.74) is 10.2. The Bertz CT molecular complexity index is 761. The Morgan fingerprint density at radius 3 is 2.46 bits per heavy atom. The zero-order valence-electron chi connectivity index (χ0n) is 14.3. The number of nitrogens with zero attached hydrogens (tertiary/aromatic N) is 1. The molecule has 2 N–H and O–H groups in total. The lowest BCUT2D eigenvalue weighted by Crippen LogP contribution is -2.35. The van der Waals surface area contributed by atoms with Crippen LogP contribution < -0.4 is 20.1 Å².